The lowest BCUT2D eigenvalue weighted by molar-refractivity contribution is 0.567. The largest absolute Gasteiger partial charge is 0.0853 e. The molecule has 0 aromatic carbocycles. The molecule has 0 unspecified atom stereocenters. The van der Waals surface area contributed by atoms with Gasteiger partial charge in [0.15, 0.2) is 0 Å². The van der Waals surface area contributed by atoms with Gasteiger partial charge in [0, 0.05) is 0 Å². The summed E-state index contributed by atoms with van der Waals surface area (Å²) >= 11 is 0. The number of rotatable bonds is 9. The quantitative estimate of drug-likeness (QED) is 0.330. The second kappa shape index (κ2) is 9.93. The van der Waals surface area contributed by atoms with E-state index < -0.39 is 0 Å². The molecule has 0 aliphatic heterocycles. The summed E-state index contributed by atoms with van der Waals surface area (Å²) in [6, 6.07) is 0. The molecular weight excluding hydrogens is 192 g/mol. The highest BCUT2D eigenvalue weighted by Crippen LogP contribution is 2.22. The molecule has 94 valence electrons. The molecule has 0 atom stereocenters. The van der Waals surface area contributed by atoms with Gasteiger partial charge in [-0.05, 0) is 38.5 Å². The molecule has 0 aromatic rings. The van der Waals surface area contributed by atoms with Crippen molar-refractivity contribution < 1.29 is 0 Å². The van der Waals surface area contributed by atoms with E-state index in [0.29, 0.717) is 0 Å². The zero-order valence-corrected chi connectivity index (χ0v) is 11.3. The van der Waals surface area contributed by atoms with Crippen LogP contribution in [0.1, 0.15) is 90.4 Å². The Balaban J connectivity index is 1.82. The highest BCUT2D eigenvalue weighted by Gasteiger charge is 2.02. The number of allylic oxidation sites excluding steroid dienone is 2. The molecule has 0 saturated carbocycles. The molecule has 0 radical (unpaired) electrons. The lowest BCUT2D eigenvalue weighted by Crippen LogP contribution is -1.92. The Bertz CT molecular complexity index is 178. The predicted octanol–water partition coefficient (Wildman–Crippen LogP) is 6.02. The van der Waals surface area contributed by atoms with Gasteiger partial charge in [-0.25, -0.2) is 0 Å². The summed E-state index contributed by atoms with van der Waals surface area (Å²) in [5.41, 5.74) is 1.76. The van der Waals surface area contributed by atoms with Gasteiger partial charge in [0.2, 0.25) is 0 Å². The molecule has 16 heavy (non-hydrogen) atoms. The molecule has 1 aliphatic carbocycles. The third kappa shape index (κ3) is 7.09. The second-order valence-corrected chi connectivity index (χ2v) is 5.33. The first-order valence-corrected chi connectivity index (χ1v) is 7.61. The molecule has 1 rings (SSSR count). The van der Waals surface area contributed by atoms with E-state index in [0.717, 1.165) is 0 Å². The lowest BCUT2D eigenvalue weighted by atomic mass is 9.95. The summed E-state index contributed by atoms with van der Waals surface area (Å²) in [6.07, 6.45) is 21.1. The minimum atomic E-state index is 1.35. The summed E-state index contributed by atoms with van der Waals surface area (Å²) in [7, 11) is 0. The van der Waals surface area contributed by atoms with Gasteiger partial charge < -0.3 is 0 Å². The van der Waals surface area contributed by atoms with Crippen molar-refractivity contribution >= 4 is 0 Å². The first-order valence-electron chi connectivity index (χ1n) is 7.61. The van der Waals surface area contributed by atoms with Crippen molar-refractivity contribution in [3.05, 3.63) is 11.6 Å². The fourth-order valence-corrected chi connectivity index (χ4v) is 2.62. The van der Waals surface area contributed by atoms with E-state index in [-0.39, 0.29) is 0 Å². The summed E-state index contributed by atoms with van der Waals surface area (Å²) in [4.78, 5) is 0. The minimum absolute atomic E-state index is 1.35. The van der Waals surface area contributed by atoms with Crippen LogP contribution in [0.5, 0.6) is 0 Å². The predicted molar refractivity (Wildman–Crippen MR) is 73.8 cm³/mol. The van der Waals surface area contributed by atoms with Gasteiger partial charge in [0.1, 0.15) is 0 Å². The molecule has 0 N–H and O–H groups in total. The minimum Gasteiger partial charge on any atom is -0.0853 e. The monoisotopic (exact) mass is 222 g/mol. The Morgan fingerprint density at radius 2 is 1.56 bits per heavy atom. The Morgan fingerprint density at radius 1 is 0.875 bits per heavy atom. The Morgan fingerprint density at radius 3 is 2.19 bits per heavy atom. The van der Waals surface area contributed by atoms with Gasteiger partial charge in [-0.1, -0.05) is 63.5 Å². The molecule has 0 fully saturated rings. The highest BCUT2D eigenvalue weighted by atomic mass is 14.1. The van der Waals surface area contributed by atoms with Crippen molar-refractivity contribution in [1.29, 1.82) is 0 Å². The number of hydrogen-bond acceptors (Lipinski definition) is 0. The van der Waals surface area contributed by atoms with E-state index in [1.807, 2.05) is 0 Å². The van der Waals surface area contributed by atoms with Crippen molar-refractivity contribution in [2.75, 3.05) is 0 Å². The topological polar surface area (TPSA) is 0 Å². The fraction of sp³-hybridized carbons (Fsp3) is 0.875. The van der Waals surface area contributed by atoms with E-state index in [9.17, 15) is 0 Å². The summed E-state index contributed by atoms with van der Waals surface area (Å²) in [5.74, 6) is 0. The molecule has 0 bridgehead atoms. The molecule has 0 heteroatoms. The molecule has 0 saturated heterocycles. The van der Waals surface area contributed by atoms with Crippen molar-refractivity contribution in [2.24, 2.45) is 0 Å². The van der Waals surface area contributed by atoms with Crippen LogP contribution in [0.15, 0.2) is 11.6 Å². The molecule has 0 amide bonds. The molecule has 1 aliphatic rings. The van der Waals surface area contributed by atoms with E-state index in [2.05, 4.69) is 13.0 Å². The van der Waals surface area contributed by atoms with Crippen LogP contribution in [-0.2, 0) is 0 Å². The van der Waals surface area contributed by atoms with Crippen molar-refractivity contribution in [3.63, 3.8) is 0 Å². The summed E-state index contributed by atoms with van der Waals surface area (Å²) in [6.45, 7) is 2.29. The normalized spacial score (nSPS) is 16.2. The van der Waals surface area contributed by atoms with Crippen LogP contribution in [0.25, 0.3) is 0 Å². The van der Waals surface area contributed by atoms with Gasteiger partial charge >= 0.3 is 0 Å². The molecule has 0 spiro atoms. The smallest absolute Gasteiger partial charge is 0.0320 e. The average molecular weight is 222 g/mol. The fourth-order valence-electron chi connectivity index (χ4n) is 2.62. The first-order chi connectivity index (χ1) is 7.93. The van der Waals surface area contributed by atoms with E-state index >= 15 is 0 Å². The first kappa shape index (κ1) is 13.8. The van der Waals surface area contributed by atoms with Gasteiger partial charge in [-0.2, -0.15) is 0 Å². The SMILES string of the molecule is CCCCCCCCCCC1=CCCCC1. The van der Waals surface area contributed by atoms with Crippen LogP contribution < -0.4 is 0 Å². The maximum atomic E-state index is 2.50. The van der Waals surface area contributed by atoms with Gasteiger partial charge in [0.05, 0.1) is 0 Å². The van der Waals surface area contributed by atoms with Crippen molar-refractivity contribution in [1.82, 2.24) is 0 Å². The standard InChI is InChI=1S/C16H30/c1-2-3-4-5-6-7-8-10-13-16-14-11-9-12-15-16/h14H,2-13,15H2,1H3. The number of unbranched alkanes of at least 4 members (excludes halogenated alkanes) is 7. The van der Waals surface area contributed by atoms with Gasteiger partial charge in [-0.15, -0.1) is 0 Å². The zero-order chi connectivity index (χ0) is 11.5. The van der Waals surface area contributed by atoms with E-state index in [1.54, 1.807) is 5.57 Å². The van der Waals surface area contributed by atoms with Crippen LogP contribution in [-0.4, -0.2) is 0 Å². The Hall–Kier alpha value is -0.260. The molecular formula is C16H30. The Labute approximate surface area is 103 Å². The van der Waals surface area contributed by atoms with E-state index in [1.165, 1.54) is 83.5 Å². The van der Waals surface area contributed by atoms with Crippen LogP contribution in [0.3, 0.4) is 0 Å². The highest BCUT2D eigenvalue weighted by molar-refractivity contribution is 5.04. The third-order valence-electron chi connectivity index (χ3n) is 3.74. The average Bonchev–Trinajstić information content (AvgIpc) is 2.34. The maximum Gasteiger partial charge on any atom is -0.0320 e. The number of hydrogen-bond donors (Lipinski definition) is 0. The zero-order valence-electron chi connectivity index (χ0n) is 11.3. The maximum absolute atomic E-state index is 2.50. The molecule has 0 aromatic heterocycles. The van der Waals surface area contributed by atoms with Gasteiger partial charge in [0.25, 0.3) is 0 Å². The van der Waals surface area contributed by atoms with Crippen LogP contribution in [0.2, 0.25) is 0 Å². The van der Waals surface area contributed by atoms with Gasteiger partial charge in [-0.3, -0.25) is 0 Å². The summed E-state index contributed by atoms with van der Waals surface area (Å²) < 4.78 is 0. The van der Waals surface area contributed by atoms with Crippen molar-refractivity contribution in [2.45, 2.75) is 90.4 Å². The Kier molecular flexibility index (Phi) is 8.57. The second-order valence-electron chi connectivity index (χ2n) is 5.33. The summed E-state index contributed by atoms with van der Waals surface area (Å²) in [5, 5.41) is 0. The molecule has 0 nitrogen and oxygen atoms in total. The lowest BCUT2D eigenvalue weighted by Gasteiger charge is -2.12. The van der Waals surface area contributed by atoms with Crippen LogP contribution in [0, 0.1) is 0 Å². The molecule has 0 heterocycles. The van der Waals surface area contributed by atoms with Crippen LogP contribution in [0.4, 0.5) is 0 Å². The van der Waals surface area contributed by atoms with E-state index in [4.69, 9.17) is 0 Å². The van der Waals surface area contributed by atoms with Crippen LogP contribution >= 0.6 is 0 Å². The van der Waals surface area contributed by atoms with Crippen molar-refractivity contribution in [3.8, 4) is 0 Å². The third-order valence-corrected chi connectivity index (χ3v) is 3.74.